The Hall–Kier alpha value is -1.46. The van der Waals surface area contributed by atoms with Crippen LogP contribution in [0.4, 0.5) is 11.4 Å². The quantitative estimate of drug-likeness (QED) is 0.621. The van der Waals surface area contributed by atoms with Gasteiger partial charge >= 0.3 is 0 Å². The van der Waals surface area contributed by atoms with Crippen LogP contribution in [-0.2, 0) is 11.2 Å². The molecule has 0 spiro atoms. The molecule has 2 N–H and O–H groups in total. The van der Waals surface area contributed by atoms with Gasteiger partial charge in [0.15, 0.2) is 11.4 Å². The second-order valence-corrected chi connectivity index (χ2v) is 8.13. The SMILES string of the molecule is CCCCCC[NH+]1CCc2c(OC)cc(OC)c(NC(=O)C(C)(C)C)c21.[Cl-]. The molecule has 154 valence electrons. The molecule has 2 rings (SSSR count). The number of benzene rings is 1. The Labute approximate surface area is 170 Å². The van der Waals surface area contributed by atoms with Crippen LogP contribution in [0.3, 0.4) is 0 Å². The number of methoxy groups -OCH3 is 2. The molecule has 0 radical (unpaired) electrons. The van der Waals surface area contributed by atoms with Gasteiger partial charge in [0.25, 0.3) is 0 Å². The first-order valence-electron chi connectivity index (χ1n) is 9.77. The molecular formula is C21H35ClN2O3. The van der Waals surface area contributed by atoms with Crippen molar-refractivity contribution < 1.29 is 31.6 Å². The second-order valence-electron chi connectivity index (χ2n) is 8.13. The molecule has 0 aromatic heterocycles. The van der Waals surface area contributed by atoms with Gasteiger partial charge in [0, 0.05) is 17.9 Å². The summed E-state index contributed by atoms with van der Waals surface area (Å²) >= 11 is 0. The number of fused-ring (bicyclic) bond motifs is 1. The zero-order valence-electron chi connectivity index (χ0n) is 17.6. The first-order chi connectivity index (χ1) is 12.3. The molecule has 0 saturated carbocycles. The normalized spacial score (nSPS) is 15.7. The van der Waals surface area contributed by atoms with Crippen LogP contribution in [0.25, 0.3) is 0 Å². The lowest BCUT2D eigenvalue weighted by atomic mass is 9.95. The molecule has 1 aromatic carbocycles. The summed E-state index contributed by atoms with van der Waals surface area (Å²) in [6, 6.07) is 1.90. The van der Waals surface area contributed by atoms with Crippen LogP contribution in [0, 0.1) is 5.41 Å². The first kappa shape index (κ1) is 23.6. The highest BCUT2D eigenvalue weighted by atomic mass is 35.5. The molecule has 6 heteroatoms. The van der Waals surface area contributed by atoms with E-state index in [4.69, 9.17) is 9.47 Å². The number of quaternary nitrogens is 1. The van der Waals surface area contributed by atoms with E-state index < -0.39 is 5.41 Å². The van der Waals surface area contributed by atoms with Gasteiger partial charge < -0.3 is 27.2 Å². The molecular weight excluding hydrogens is 364 g/mol. The number of hydrogen-bond acceptors (Lipinski definition) is 3. The number of nitrogens with one attached hydrogen (secondary N) is 2. The molecule has 0 aliphatic carbocycles. The predicted molar refractivity (Wildman–Crippen MR) is 106 cm³/mol. The van der Waals surface area contributed by atoms with Gasteiger partial charge in [-0.3, -0.25) is 9.69 Å². The lowest BCUT2D eigenvalue weighted by molar-refractivity contribution is -0.825. The second kappa shape index (κ2) is 10.2. The Bertz CT molecular complexity index is 641. The third-order valence-corrected chi connectivity index (χ3v) is 5.08. The number of carbonyl (C=O) groups is 1. The van der Waals surface area contributed by atoms with Gasteiger partial charge in [-0.2, -0.15) is 0 Å². The number of carbonyl (C=O) groups excluding carboxylic acids is 1. The Morgan fingerprint density at radius 3 is 2.37 bits per heavy atom. The molecule has 1 heterocycles. The van der Waals surface area contributed by atoms with Crippen LogP contribution < -0.4 is 32.1 Å². The molecule has 0 fully saturated rings. The Balaban J connectivity index is 0.00000364. The highest BCUT2D eigenvalue weighted by Crippen LogP contribution is 2.42. The number of rotatable bonds is 8. The zero-order valence-corrected chi connectivity index (χ0v) is 18.4. The van der Waals surface area contributed by atoms with Gasteiger partial charge in [-0.15, -0.1) is 0 Å². The van der Waals surface area contributed by atoms with Gasteiger partial charge in [0.2, 0.25) is 5.91 Å². The maximum Gasteiger partial charge on any atom is 0.230 e. The van der Waals surface area contributed by atoms with E-state index in [-0.39, 0.29) is 18.3 Å². The summed E-state index contributed by atoms with van der Waals surface area (Å²) in [4.78, 5) is 14.1. The molecule has 0 bridgehead atoms. The van der Waals surface area contributed by atoms with E-state index in [1.165, 1.54) is 36.1 Å². The fourth-order valence-electron chi connectivity index (χ4n) is 3.50. The summed E-state index contributed by atoms with van der Waals surface area (Å²) < 4.78 is 11.2. The molecule has 1 aliphatic heterocycles. The topological polar surface area (TPSA) is 52.0 Å². The maximum atomic E-state index is 12.7. The zero-order chi connectivity index (χ0) is 19.3. The number of anilines is 1. The van der Waals surface area contributed by atoms with E-state index in [9.17, 15) is 4.79 Å². The summed E-state index contributed by atoms with van der Waals surface area (Å²) in [5, 5.41) is 3.14. The average Bonchev–Trinajstić information content (AvgIpc) is 3.02. The van der Waals surface area contributed by atoms with Gasteiger partial charge in [-0.1, -0.05) is 40.5 Å². The summed E-state index contributed by atoms with van der Waals surface area (Å²) in [6.07, 6.45) is 5.91. The molecule has 0 saturated heterocycles. The van der Waals surface area contributed by atoms with E-state index in [1.807, 2.05) is 26.8 Å². The first-order valence-corrected chi connectivity index (χ1v) is 9.77. The Morgan fingerprint density at radius 1 is 1.15 bits per heavy atom. The van der Waals surface area contributed by atoms with Gasteiger partial charge in [-0.05, 0) is 12.8 Å². The van der Waals surface area contributed by atoms with E-state index >= 15 is 0 Å². The molecule has 5 nitrogen and oxygen atoms in total. The molecule has 1 unspecified atom stereocenters. The maximum absolute atomic E-state index is 12.7. The van der Waals surface area contributed by atoms with Crippen molar-refractivity contribution in [1.29, 1.82) is 0 Å². The standard InChI is InChI=1S/C21H34N2O3.ClH/c1-7-8-9-10-12-23-13-11-15-16(25-5)14-17(26-6)18(19(15)23)22-20(24)21(2,3)4;/h14H,7-13H2,1-6H3,(H,22,24);1H. The summed E-state index contributed by atoms with van der Waals surface area (Å²) in [7, 11) is 3.34. The third-order valence-electron chi connectivity index (χ3n) is 5.08. The van der Waals surface area contributed by atoms with Crippen molar-refractivity contribution in [3.05, 3.63) is 11.6 Å². The fourth-order valence-corrected chi connectivity index (χ4v) is 3.50. The Morgan fingerprint density at radius 2 is 1.81 bits per heavy atom. The van der Waals surface area contributed by atoms with Crippen molar-refractivity contribution in [2.45, 2.75) is 59.8 Å². The van der Waals surface area contributed by atoms with Crippen LogP contribution in [0.2, 0.25) is 0 Å². The van der Waals surface area contributed by atoms with Crippen LogP contribution >= 0.6 is 0 Å². The largest absolute Gasteiger partial charge is 1.00 e. The lowest BCUT2D eigenvalue weighted by Gasteiger charge is -2.23. The van der Waals surface area contributed by atoms with Crippen LogP contribution in [0.15, 0.2) is 6.07 Å². The minimum atomic E-state index is -0.461. The Kier molecular flexibility index (Phi) is 8.89. The number of amides is 1. The summed E-state index contributed by atoms with van der Waals surface area (Å²) in [5.74, 6) is 1.53. The summed E-state index contributed by atoms with van der Waals surface area (Å²) in [6.45, 7) is 10.1. The highest BCUT2D eigenvalue weighted by Gasteiger charge is 2.35. The molecule has 27 heavy (non-hydrogen) atoms. The van der Waals surface area contributed by atoms with Crippen LogP contribution in [0.5, 0.6) is 11.5 Å². The van der Waals surface area contributed by atoms with Crippen molar-refractivity contribution in [2.24, 2.45) is 5.41 Å². The van der Waals surface area contributed by atoms with Gasteiger partial charge in [0.1, 0.15) is 11.4 Å². The van der Waals surface area contributed by atoms with E-state index in [0.717, 1.165) is 36.6 Å². The van der Waals surface area contributed by atoms with Crippen molar-refractivity contribution in [3.63, 3.8) is 0 Å². The van der Waals surface area contributed by atoms with Crippen molar-refractivity contribution in [3.8, 4) is 11.5 Å². The van der Waals surface area contributed by atoms with E-state index in [1.54, 1.807) is 14.2 Å². The molecule has 1 atom stereocenters. The van der Waals surface area contributed by atoms with E-state index in [2.05, 4.69) is 12.2 Å². The van der Waals surface area contributed by atoms with Crippen LogP contribution in [-0.4, -0.2) is 33.2 Å². The smallest absolute Gasteiger partial charge is 0.230 e. The highest BCUT2D eigenvalue weighted by molar-refractivity contribution is 5.99. The van der Waals surface area contributed by atoms with Gasteiger partial charge in [-0.25, -0.2) is 0 Å². The lowest BCUT2D eigenvalue weighted by Crippen LogP contribution is -3.06. The average molecular weight is 399 g/mol. The van der Waals surface area contributed by atoms with Crippen LogP contribution in [0.1, 0.15) is 58.9 Å². The fraction of sp³-hybridized carbons (Fsp3) is 0.667. The monoisotopic (exact) mass is 398 g/mol. The van der Waals surface area contributed by atoms with Crippen molar-refractivity contribution in [2.75, 3.05) is 32.6 Å². The van der Waals surface area contributed by atoms with Gasteiger partial charge in [0.05, 0.1) is 32.9 Å². The minimum Gasteiger partial charge on any atom is -1.00 e. The molecule has 1 amide bonds. The van der Waals surface area contributed by atoms with Crippen molar-refractivity contribution >= 4 is 17.3 Å². The molecule has 1 aliphatic rings. The third kappa shape index (κ3) is 5.52. The number of halogens is 1. The van der Waals surface area contributed by atoms with E-state index in [0.29, 0.717) is 5.75 Å². The minimum absolute atomic E-state index is 0. The molecule has 1 aromatic rings. The number of unbranched alkanes of at least 4 members (excludes halogenated alkanes) is 3. The summed E-state index contributed by atoms with van der Waals surface area (Å²) in [5.41, 5.74) is 2.70. The predicted octanol–water partition coefficient (Wildman–Crippen LogP) is 0.345. The number of ether oxygens (including phenoxy) is 2. The number of hydrogen-bond donors (Lipinski definition) is 2. The van der Waals surface area contributed by atoms with Crippen molar-refractivity contribution in [1.82, 2.24) is 0 Å².